The molecule has 1 heterocycles. The third kappa shape index (κ3) is 5.37. The molecule has 0 unspecified atom stereocenters. The zero-order valence-corrected chi connectivity index (χ0v) is 17.8. The lowest BCUT2D eigenvalue weighted by atomic mass is 10.1. The Labute approximate surface area is 190 Å². The lowest BCUT2D eigenvalue weighted by molar-refractivity contribution is 0.0697. The van der Waals surface area contributed by atoms with Crippen molar-refractivity contribution in [1.29, 1.82) is 0 Å². The summed E-state index contributed by atoms with van der Waals surface area (Å²) in [7, 11) is 1.57. The van der Waals surface area contributed by atoms with Crippen LogP contribution in [0, 0.1) is 0 Å². The van der Waals surface area contributed by atoms with Crippen LogP contribution in [0.3, 0.4) is 0 Å². The minimum absolute atomic E-state index is 0.0866. The number of amides is 2. The molecule has 166 valence electrons. The number of carboxylic acids is 1. The van der Waals surface area contributed by atoms with E-state index in [1.807, 2.05) is 30.3 Å². The van der Waals surface area contributed by atoms with E-state index in [0.29, 0.717) is 34.6 Å². The highest BCUT2D eigenvalue weighted by Gasteiger charge is 2.14. The van der Waals surface area contributed by atoms with E-state index in [1.165, 1.54) is 0 Å². The number of nitrogens with zero attached hydrogens (tertiary/aromatic N) is 1. The minimum atomic E-state index is -1.06. The average molecular weight is 442 g/mol. The van der Waals surface area contributed by atoms with E-state index >= 15 is 0 Å². The van der Waals surface area contributed by atoms with Crippen molar-refractivity contribution < 1.29 is 19.4 Å². The number of carbonyl (C=O) groups excluding carboxylic acids is 1. The van der Waals surface area contributed by atoms with Crippen LogP contribution in [0.1, 0.15) is 15.9 Å². The number of anilines is 3. The number of ether oxygens (including phenoxy) is 1. The smallest absolute Gasteiger partial charge is 0.339 e. The fourth-order valence-electron chi connectivity index (χ4n) is 3.28. The van der Waals surface area contributed by atoms with Gasteiger partial charge >= 0.3 is 12.0 Å². The van der Waals surface area contributed by atoms with Gasteiger partial charge in [0, 0.05) is 29.4 Å². The lowest BCUT2D eigenvalue weighted by Gasteiger charge is -2.12. The maximum atomic E-state index is 12.1. The van der Waals surface area contributed by atoms with Gasteiger partial charge in [0.05, 0.1) is 12.6 Å². The standard InChI is InChI=1S/C25H22N4O4/c1-33-20-12-9-17-13-21(24(30)31)23(29-22(17)14-20)26-15-16-7-10-19(11-8-16)28-25(32)27-18-5-3-2-4-6-18/h2-14H,15H2,1H3,(H,26,29)(H,30,31)(H2,27,28,32). The summed E-state index contributed by atoms with van der Waals surface area (Å²) in [6, 6.07) is 22.9. The second-order valence-electron chi connectivity index (χ2n) is 7.24. The fraction of sp³-hybridized carbons (Fsp3) is 0.0800. The summed E-state index contributed by atoms with van der Waals surface area (Å²) >= 11 is 0. The Morgan fingerprint density at radius 3 is 2.27 bits per heavy atom. The van der Waals surface area contributed by atoms with Crippen LogP contribution in [0.15, 0.2) is 78.9 Å². The van der Waals surface area contributed by atoms with Gasteiger partial charge in [-0.3, -0.25) is 0 Å². The Kier molecular flexibility index (Phi) is 6.36. The Morgan fingerprint density at radius 2 is 1.61 bits per heavy atom. The highest BCUT2D eigenvalue weighted by atomic mass is 16.5. The van der Waals surface area contributed by atoms with Crippen LogP contribution in [0.4, 0.5) is 22.0 Å². The van der Waals surface area contributed by atoms with Gasteiger partial charge in [-0.25, -0.2) is 14.6 Å². The summed E-state index contributed by atoms with van der Waals surface area (Å²) in [5.41, 5.74) is 2.95. The third-order valence-electron chi connectivity index (χ3n) is 4.96. The number of rotatable bonds is 7. The number of hydrogen-bond donors (Lipinski definition) is 4. The molecule has 33 heavy (non-hydrogen) atoms. The van der Waals surface area contributed by atoms with Gasteiger partial charge < -0.3 is 25.8 Å². The van der Waals surface area contributed by atoms with E-state index in [0.717, 1.165) is 5.56 Å². The summed E-state index contributed by atoms with van der Waals surface area (Å²) in [6.45, 7) is 0.360. The summed E-state index contributed by atoms with van der Waals surface area (Å²) in [5, 5.41) is 18.9. The first kappa shape index (κ1) is 21.6. The van der Waals surface area contributed by atoms with Crippen LogP contribution in [0.2, 0.25) is 0 Å². The first-order chi connectivity index (χ1) is 16.0. The van der Waals surface area contributed by atoms with E-state index in [2.05, 4.69) is 20.9 Å². The van der Waals surface area contributed by atoms with Gasteiger partial charge in [-0.05, 0) is 48.0 Å². The molecule has 0 saturated heterocycles. The first-order valence-electron chi connectivity index (χ1n) is 10.2. The number of methoxy groups -OCH3 is 1. The molecule has 0 spiro atoms. The van der Waals surface area contributed by atoms with Gasteiger partial charge in [0.1, 0.15) is 17.1 Å². The summed E-state index contributed by atoms with van der Waals surface area (Å²) in [4.78, 5) is 28.3. The predicted molar refractivity (Wildman–Crippen MR) is 128 cm³/mol. The Hall–Kier alpha value is -4.59. The van der Waals surface area contributed by atoms with Crippen LogP contribution in [-0.4, -0.2) is 29.2 Å². The Morgan fingerprint density at radius 1 is 0.909 bits per heavy atom. The van der Waals surface area contributed by atoms with E-state index in [1.54, 1.807) is 55.6 Å². The predicted octanol–water partition coefficient (Wildman–Crippen LogP) is 5.20. The zero-order chi connectivity index (χ0) is 23.2. The molecule has 2 amide bonds. The molecule has 0 saturated carbocycles. The van der Waals surface area contributed by atoms with Gasteiger partial charge in [0.15, 0.2) is 0 Å². The first-order valence-corrected chi connectivity index (χ1v) is 10.2. The van der Waals surface area contributed by atoms with Crippen molar-refractivity contribution in [3.05, 3.63) is 90.0 Å². The average Bonchev–Trinajstić information content (AvgIpc) is 2.83. The molecule has 0 atom stereocenters. The highest BCUT2D eigenvalue weighted by molar-refractivity contribution is 6.00. The molecule has 0 fully saturated rings. The van der Waals surface area contributed by atoms with Crippen molar-refractivity contribution in [3.8, 4) is 5.75 Å². The SMILES string of the molecule is COc1ccc2cc(C(=O)O)c(NCc3ccc(NC(=O)Nc4ccccc4)cc3)nc2c1. The summed E-state index contributed by atoms with van der Waals surface area (Å²) < 4.78 is 5.23. The van der Waals surface area contributed by atoms with Crippen LogP contribution in [0.25, 0.3) is 10.9 Å². The number of carbonyl (C=O) groups is 2. The number of aromatic nitrogens is 1. The largest absolute Gasteiger partial charge is 0.497 e. The molecular formula is C25H22N4O4. The fourth-order valence-corrected chi connectivity index (χ4v) is 3.28. The second kappa shape index (κ2) is 9.69. The highest BCUT2D eigenvalue weighted by Crippen LogP contribution is 2.25. The van der Waals surface area contributed by atoms with Crippen LogP contribution < -0.4 is 20.7 Å². The van der Waals surface area contributed by atoms with Crippen molar-refractivity contribution in [3.63, 3.8) is 0 Å². The number of pyridine rings is 1. The molecular weight excluding hydrogens is 420 g/mol. The molecule has 0 aliphatic carbocycles. The molecule has 0 aliphatic heterocycles. The Bertz CT molecular complexity index is 1290. The number of fused-ring (bicyclic) bond motifs is 1. The van der Waals surface area contributed by atoms with Crippen molar-refractivity contribution in [2.75, 3.05) is 23.1 Å². The molecule has 8 heteroatoms. The van der Waals surface area contributed by atoms with Crippen LogP contribution in [-0.2, 0) is 6.54 Å². The van der Waals surface area contributed by atoms with Crippen molar-refractivity contribution in [2.24, 2.45) is 0 Å². The number of urea groups is 1. The van der Waals surface area contributed by atoms with E-state index in [4.69, 9.17) is 4.74 Å². The minimum Gasteiger partial charge on any atom is -0.497 e. The monoisotopic (exact) mass is 442 g/mol. The molecule has 1 aromatic heterocycles. The van der Waals surface area contributed by atoms with Gasteiger partial charge in [-0.1, -0.05) is 30.3 Å². The van der Waals surface area contributed by atoms with Crippen LogP contribution >= 0.6 is 0 Å². The van der Waals surface area contributed by atoms with Gasteiger partial charge in [-0.15, -0.1) is 0 Å². The third-order valence-corrected chi connectivity index (χ3v) is 4.96. The normalized spacial score (nSPS) is 10.5. The summed E-state index contributed by atoms with van der Waals surface area (Å²) in [5.74, 6) is -0.150. The zero-order valence-electron chi connectivity index (χ0n) is 17.8. The van der Waals surface area contributed by atoms with E-state index in [9.17, 15) is 14.7 Å². The second-order valence-corrected chi connectivity index (χ2v) is 7.24. The summed E-state index contributed by atoms with van der Waals surface area (Å²) in [6.07, 6.45) is 0. The van der Waals surface area contributed by atoms with Crippen molar-refractivity contribution in [2.45, 2.75) is 6.54 Å². The molecule has 8 nitrogen and oxygen atoms in total. The maximum Gasteiger partial charge on any atom is 0.339 e. The van der Waals surface area contributed by atoms with Crippen molar-refractivity contribution in [1.82, 2.24) is 4.98 Å². The van der Waals surface area contributed by atoms with Gasteiger partial charge in [0.2, 0.25) is 0 Å². The van der Waals surface area contributed by atoms with Crippen molar-refractivity contribution >= 4 is 40.1 Å². The van der Waals surface area contributed by atoms with E-state index in [-0.39, 0.29) is 17.4 Å². The molecule has 3 aromatic carbocycles. The molecule has 0 radical (unpaired) electrons. The number of benzene rings is 3. The van der Waals surface area contributed by atoms with Gasteiger partial charge in [0.25, 0.3) is 0 Å². The van der Waals surface area contributed by atoms with E-state index < -0.39 is 5.97 Å². The van der Waals surface area contributed by atoms with Crippen LogP contribution in [0.5, 0.6) is 5.75 Å². The Balaban J connectivity index is 1.43. The number of para-hydroxylation sites is 1. The number of nitrogens with one attached hydrogen (secondary N) is 3. The molecule has 4 N–H and O–H groups in total. The topological polar surface area (TPSA) is 113 Å². The number of hydrogen-bond acceptors (Lipinski definition) is 5. The number of aromatic carboxylic acids is 1. The quantitative estimate of drug-likeness (QED) is 0.313. The lowest BCUT2D eigenvalue weighted by Crippen LogP contribution is -2.19. The van der Waals surface area contributed by atoms with Gasteiger partial charge in [-0.2, -0.15) is 0 Å². The maximum absolute atomic E-state index is 12.1. The molecule has 4 rings (SSSR count). The molecule has 0 aliphatic rings. The molecule has 4 aromatic rings. The molecule has 0 bridgehead atoms. The number of carboxylic acid groups (broad SMARTS) is 1.